The molecule has 0 radical (unpaired) electrons. The summed E-state index contributed by atoms with van der Waals surface area (Å²) in [6.45, 7) is 4.17. The van der Waals surface area contributed by atoms with Crippen LogP contribution in [-0.2, 0) is 27.2 Å². The van der Waals surface area contributed by atoms with E-state index < -0.39 is 17.7 Å². The Morgan fingerprint density at radius 3 is 2.81 bits per heavy atom. The normalized spacial score (nSPS) is 16.8. The number of amides is 2. The standard InChI is InChI=1S/C30H29ClFN3O5S2/c1-16(2)40-18-11-25(30-33-13-19(42-30)7-8-28(37)38)35(14-18)27(36)10-17-9-22(31)24(12-23(17)32)34-29(39)21-15-41-26-6-4-3-5-20(21)26/h3-6,9,12-13,15-16,18,25H,7-8,10-11,14H2,1-2H3,(H,34,39)(H,37,38)/t18-,25-/m0/s1. The number of thiazole rings is 1. The third-order valence-corrected chi connectivity index (χ3v) is 9.38. The summed E-state index contributed by atoms with van der Waals surface area (Å²) in [5.41, 5.74) is 0.696. The van der Waals surface area contributed by atoms with E-state index in [9.17, 15) is 14.4 Å². The number of fused-ring (bicyclic) bond motifs is 1. The Labute approximate surface area is 255 Å². The van der Waals surface area contributed by atoms with E-state index in [-0.39, 0.29) is 53.3 Å². The first kappa shape index (κ1) is 30.1. The summed E-state index contributed by atoms with van der Waals surface area (Å²) in [6.07, 6.45) is 2.03. The number of thiophene rings is 1. The Kier molecular flexibility index (Phi) is 9.22. The van der Waals surface area contributed by atoms with Crippen LogP contribution >= 0.6 is 34.3 Å². The molecule has 2 aromatic carbocycles. The lowest BCUT2D eigenvalue weighted by Crippen LogP contribution is -2.33. The second kappa shape index (κ2) is 12.9. The van der Waals surface area contributed by atoms with Crippen molar-refractivity contribution in [3.05, 3.63) is 79.8 Å². The summed E-state index contributed by atoms with van der Waals surface area (Å²) >= 11 is 9.27. The van der Waals surface area contributed by atoms with E-state index in [1.165, 1.54) is 28.7 Å². The van der Waals surface area contributed by atoms with E-state index in [0.717, 1.165) is 21.0 Å². The molecular weight excluding hydrogens is 601 g/mol. The summed E-state index contributed by atoms with van der Waals surface area (Å²) in [5.74, 6) is -2.26. The summed E-state index contributed by atoms with van der Waals surface area (Å²) in [7, 11) is 0. The number of halogens is 2. The van der Waals surface area contributed by atoms with Gasteiger partial charge in [-0.05, 0) is 44.0 Å². The number of carboxylic acid groups (broad SMARTS) is 1. The Hall–Kier alpha value is -3.38. The Bertz CT molecular complexity index is 1640. The van der Waals surface area contributed by atoms with Crippen LogP contribution in [-0.4, -0.2) is 51.5 Å². The van der Waals surface area contributed by atoms with Gasteiger partial charge in [0.2, 0.25) is 5.91 Å². The molecule has 0 spiro atoms. The highest BCUT2D eigenvalue weighted by Crippen LogP contribution is 2.37. The fourth-order valence-corrected chi connectivity index (χ4v) is 7.26. The van der Waals surface area contributed by atoms with E-state index in [1.54, 1.807) is 16.5 Å². The van der Waals surface area contributed by atoms with Gasteiger partial charge in [-0.3, -0.25) is 14.4 Å². The third kappa shape index (κ3) is 6.81. The largest absolute Gasteiger partial charge is 0.481 e. The quantitative estimate of drug-likeness (QED) is 0.201. The van der Waals surface area contributed by atoms with Gasteiger partial charge in [-0.25, -0.2) is 9.37 Å². The first-order valence-corrected chi connectivity index (χ1v) is 15.5. The predicted octanol–water partition coefficient (Wildman–Crippen LogP) is 6.73. The van der Waals surface area contributed by atoms with Crippen molar-refractivity contribution in [1.29, 1.82) is 0 Å². The van der Waals surface area contributed by atoms with Crippen molar-refractivity contribution in [3.8, 4) is 0 Å². The number of carboxylic acids is 1. The molecule has 8 nitrogen and oxygen atoms in total. The zero-order valence-corrected chi connectivity index (χ0v) is 25.3. The van der Waals surface area contributed by atoms with Gasteiger partial charge in [0.25, 0.3) is 5.91 Å². The molecule has 220 valence electrons. The van der Waals surface area contributed by atoms with E-state index in [4.69, 9.17) is 21.4 Å². The molecular formula is C30H29ClFN3O5S2. The molecule has 0 saturated carbocycles. The number of likely N-dealkylation sites (tertiary alicyclic amines) is 1. The topological polar surface area (TPSA) is 109 Å². The molecule has 42 heavy (non-hydrogen) atoms. The summed E-state index contributed by atoms with van der Waals surface area (Å²) in [4.78, 5) is 44.4. The number of nitrogens with zero attached hydrogens (tertiary/aromatic N) is 2. The number of carbonyl (C=O) groups excluding carboxylic acids is 2. The van der Waals surface area contributed by atoms with E-state index in [1.807, 2.05) is 38.1 Å². The van der Waals surface area contributed by atoms with Gasteiger partial charge in [-0.15, -0.1) is 22.7 Å². The maximum Gasteiger partial charge on any atom is 0.303 e. The molecule has 2 atom stereocenters. The number of rotatable bonds is 10. The van der Waals surface area contributed by atoms with Crippen molar-refractivity contribution in [2.24, 2.45) is 0 Å². The molecule has 0 bridgehead atoms. The van der Waals surface area contributed by atoms with Gasteiger partial charge >= 0.3 is 5.97 Å². The van der Waals surface area contributed by atoms with Gasteiger partial charge < -0.3 is 20.1 Å². The average Bonchev–Trinajstić information content (AvgIpc) is 3.68. The van der Waals surface area contributed by atoms with Crippen molar-refractivity contribution in [1.82, 2.24) is 9.88 Å². The molecule has 2 amide bonds. The minimum Gasteiger partial charge on any atom is -0.481 e. The van der Waals surface area contributed by atoms with Crippen LogP contribution in [0.4, 0.5) is 10.1 Å². The number of ether oxygens (including phenoxy) is 1. The monoisotopic (exact) mass is 629 g/mol. The van der Waals surface area contributed by atoms with Crippen LogP contribution in [0.2, 0.25) is 5.02 Å². The second-order valence-electron chi connectivity index (χ2n) is 10.4. The molecule has 1 aliphatic rings. The fraction of sp³-hybridized carbons (Fsp3) is 0.333. The molecule has 1 fully saturated rings. The van der Waals surface area contributed by atoms with E-state index in [0.29, 0.717) is 30.0 Å². The van der Waals surface area contributed by atoms with Crippen molar-refractivity contribution >= 4 is 67.8 Å². The van der Waals surface area contributed by atoms with Crippen LogP contribution in [0.5, 0.6) is 0 Å². The zero-order valence-electron chi connectivity index (χ0n) is 22.9. The minimum absolute atomic E-state index is 0.00558. The van der Waals surface area contributed by atoms with E-state index >= 15 is 4.39 Å². The SMILES string of the molecule is CC(C)O[C@H]1C[C@@H](c2ncc(CCC(=O)O)s2)N(C(=O)Cc2cc(Cl)c(NC(=O)c3csc4ccccc34)cc2F)C1. The molecule has 0 unspecified atom stereocenters. The predicted molar refractivity (Wildman–Crippen MR) is 162 cm³/mol. The van der Waals surface area contributed by atoms with Crippen LogP contribution in [0.25, 0.3) is 10.1 Å². The highest BCUT2D eigenvalue weighted by Gasteiger charge is 2.39. The van der Waals surface area contributed by atoms with Crippen LogP contribution < -0.4 is 5.32 Å². The lowest BCUT2D eigenvalue weighted by molar-refractivity contribution is -0.137. The van der Waals surface area contributed by atoms with E-state index in [2.05, 4.69) is 10.3 Å². The number of aromatic nitrogens is 1. The minimum atomic E-state index is -0.890. The van der Waals surface area contributed by atoms with Crippen molar-refractivity contribution < 1.29 is 28.6 Å². The second-order valence-corrected chi connectivity index (χ2v) is 12.8. The highest BCUT2D eigenvalue weighted by molar-refractivity contribution is 7.17. The van der Waals surface area contributed by atoms with Crippen LogP contribution in [0.1, 0.15) is 58.5 Å². The molecule has 4 aromatic rings. The maximum absolute atomic E-state index is 15.3. The smallest absolute Gasteiger partial charge is 0.303 e. The summed E-state index contributed by atoms with van der Waals surface area (Å²) in [5, 5.41) is 15.1. The molecule has 5 rings (SSSR count). The van der Waals surface area contributed by atoms with Gasteiger partial charge in [0.1, 0.15) is 10.8 Å². The lowest BCUT2D eigenvalue weighted by atomic mass is 10.1. The lowest BCUT2D eigenvalue weighted by Gasteiger charge is -2.23. The third-order valence-electron chi connectivity index (χ3n) is 6.94. The van der Waals surface area contributed by atoms with Crippen LogP contribution in [0.15, 0.2) is 48.0 Å². The maximum atomic E-state index is 15.3. The number of hydrogen-bond donors (Lipinski definition) is 2. The molecule has 0 aliphatic carbocycles. The fourth-order valence-electron chi connectivity index (χ4n) is 5.04. The van der Waals surface area contributed by atoms with Crippen molar-refractivity contribution in [2.75, 3.05) is 11.9 Å². The molecule has 1 aliphatic heterocycles. The highest BCUT2D eigenvalue weighted by atomic mass is 35.5. The number of anilines is 1. The van der Waals surface area contributed by atoms with Gasteiger partial charge in [-0.2, -0.15) is 0 Å². The number of carbonyl (C=O) groups is 3. The molecule has 2 N–H and O–H groups in total. The number of aryl methyl sites for hydroxylation is 1. The van der Waals surface area contributed by atoms with Crippen molar-refractivity contribution in [2.45, 2.75) is 57.8 Å². The number of aliphatic carboxylic acids is 1. The number of nitrogens with one attached hydrogen (secondary N) is 1. The first-order chi connectivity index (χ1) is 20.1. The van der Waals surface area contributed by atoms with Gasteiger partial charge in [0.05, 0.1) is 47.4 Å². The Balaban J connectivity index is 1.32. The first-order valence-electron chi connectivity index (χ1n) is 13.5. The average molecular weight is 630 g/mol. The van der Waals surface area contributed by atoms with Crippen LogP contribution in [0.3, 0.4) is 0 Å². The van der Waals surface area contributed by atoms with Gasteiger partial charge in [0, 0.05) is 39.5 Å². The number of hydrogen-bond acceptors (Lipinski definition) is 7. The Morgan fingerprint density at radius 2 is 2.05 bits per heavy atom. The summed E-state index contributed by atoms with van der Waals surface area (Å²) in [6, 6.07) is 9.65. The van der Waals surface area contributed by atoms with Crippen LogP contribution in [0, 0.1) is 5.82 Å². The molecule has 1 saturated heterocycles. The summed E-state index contributed by atoms with van der Waals surface area (Å²) < 4.78 is 22.2. The molecule has 12 heteroatoms. The zero-order chi connectivity index (χ0) is 30.0. The molecule has 2 aromatic heterocycles. The number of benzene rings is 2. The molecule has 3 heterocycles. The van der Waals surface area contributed by atoms with Gasteiger partial charge in [-0.1, -0.05) is 29.8 Å². The van der Waals surface area contributed by atoms with Crippen molar-refractivity contribution in [3.63, 3.8) is 0 Å². The van der Waals surface area contributed by atoms with Gasteiger partial charge in [0.15, 0.2) is 0 Å². The Morgan fingerprint density at radius 1 is 1.26 bits per heavy atom.